The molecular formula is C14H30Si. The van der Waals surface area contributed by atoms with E-state index in [1.165, 1.54) is 32.1 Å². The Kier molecular flexibility index (Phi) is 6.50. The van der Waals surface area contributed by atoms with Gasteiger partial charge in [0.25, 0.3) is 0 Å². The Bertz CT molecular complexity index is 184. The third kappa shape index (κ3) is 6.19. The standard InChI is InChI=1S/C14H30Si/c1-7-8-9-10-11-12-13-15(5,6)14(2,3)4/h12-13H,7-11H2,1-6H3/b13-12+. The molecule has 0 atom stereocenters. The maximum Gasteiger partial charge on any atom is 0.0766 e. The molecule has 0 aromatic carbocycles. The van der Waals surface area contributed by atoms with E-state index in [1.54, 1.807) is 0 Å². The molecule has 0 aromatic rings. The van der Waals surface area contributed by atoms with Crippen LogP contribution in [0.1, 0.15) is 59.8 Å². The molecule has 90 valence electrons. The topological polar surface area (TPSA) is 0 Å². The molecule has 0 bridgehead atoms. The fourth-order valence-corrected chi connectivity index (χ4v) is 2.57. The van der Waals surface area contributed by atoms with E-state index < -0.39 is 8.07 Å². The third-order valence-electron chi connectivity index (χ3n) is 3.69. The first-order chi connectivity index (χ1) is 6.81. The zero-order valence-corrected chi connectivity index (χ0v) is 12.7. The average molecular weight is 226 g/mol. The molecule has 0 aromatic heterocycles. The Hall–Kier alpha value is -0.0431. The van der Waals surface area contributed by atoms with E-state index >= 15 is 0 Å². The minimum Gasteiger partial charge on any atom is -0.0981 e. The summed E-state index contributed by atoms with van der Waals surface area (Å²) in [6.07, 6.45) is 9.23. The molecule has 0 saturated carbocycles. The largest absolute Gasteiger partial charge is 0.0981 e. The monoisotopic (exact) mass is 226 g/mol. The molecule has 15 heavy (non-hydrogen) atoms. The van der Waals surface area contributed by atoms with Crippen LogP contribution in [0.3, 0.4) is 0 Å². The lowest BCUT2D eigenvalue weighted by atomic mass is 10.2. The van der Waals surface area contributed by atoms with Crippen molar-refractivity contribution < 1.29 is 0 Å². The van der Waals surface area contributed by atoms with Crippen LogP contribution < -0.4 is 0 Å². The molecule has 0 heterocycles. The highest BCUT2D eigenvalue weighted by Crippen LogP contribution is 2.36. The Morgan fingerprint density at radius 2 is 1.60 bits per heavy atom. The maximum atomic E-state index is 2.54. The van der Waals surface area contributed by atoms with Crippen LogP contribution in [-0.4, -0.2) is 8.07 Å². The highest BCUT2D eigenvalue weighted by molar-refractivity contribution is 6.84. The van der Waals surface area contributed by atoms with Gasteiger partial charge in [-0.15, -0.1) is 0 Å². The molecular weight excluding hydrogens is 196 g/mol. The van der Waals surface area contributed by atoms with E-state index in [2.05, 4.69) is 52.6 Å². The van der Waals surface area contributed by atoms with Gasteiger partial charge in [-0.1, -0.05) is 71.8 Å². The van der Waals surface area contributed by atoms with Crippen LogP contribution in [0.5, 0.6) is 0 Å². The predicted molar refractivity (Wildman–Crippen MR) is 75.1 cm³/mol. The van der Waals surface area contributed by atoms with E-state index in [9.17, 15) is 0 Å². The summed E-state index contributed by atoms with van der Waals surface area (Å²) in [5, 5.41) is 0.493. The molecule has 0 amide bonds. The molecule has 0 saturated heterocycles. The third-order valence-corrected chi connectivity index (χ3v) is 8.63. The summed E-state index contributed by atoms with van der Waals surface area (Å²) in [4.78, 5) is 0. The molecule has 0 aliphatic carbocycles. The van der Waals surface area contributed by atoms with Gasteiger partial charge in [0.15, 0.2) is 0 Å². The molecule has 0 N–H and O–H groups in total. The summed E-state index contributed by atoms with van der Waals surface area (Å²) in [5.74, 6) is 0. The lowest BCUT2D eigenvalue weighted by Gasteiger charge is -2.34. The second-order valence-electron chi connectivity index (χ2n) is 6.22. The lowest BCUT2D eigenvalue weighted by molar-refractivity contribution is 0.674. The molecule has 0 aliphatic rings. The van der Waals surface area contributed by atoms with Gasteiger partial charge >= 0.3 is 0 Å². The number of hydrogen-bond donors (Lipinski definition) is 0. The summed E-state index contributed by atoms with van der Waals surface area (Å²) in [5.41, 5.74) is 2.54. The first-order valence-corrected chi connectivity index (χ1v) is 9.56. The van der Waals surface area contributed by atoms with Crippen molar-refractivity contribution in [2.24, 2.45) is 0 Å². The van der Waals surface area contributed by atoms with Crippen LogP contribution in [0.2, 0.25) is 18.1 Å². The minimum atomic E-state index is -1.15. The number of allylic oxidation sites excluding steroid dienone is 1. The summed E-state index contributed by atoms with van der Waals surface area (Å²) in [6.45, 7) is 14.3. The highest BCUT2D eigenvalue weighted by Gasteiger charge is 2.31. The van der Waals surface area contributed by atoms with Crippen molar-refractivity contribution >= 4 is 8.07 Å². The molecule has 1 heteroatoms. The quantitative estimate of drug-likeness (QED) is 0.411. The van der Waals surface area contributed by atoms with Crippen LogP contribution in [0.25, 0.3) is 0 Å². The van der Waals surface area contributed by atoms with Gasteiger partial charge in [-0.2, -0.15) is 0 Å². The van der Waals surface area contributed by atoms with Crippen molar-refractivity contribution in [3.63, 3.8) is 0 Å². The second-order valence-corrected chi connectivity index (χ2v) is 11.5. The van der Waals surface area contributed by atoms with E-state index in [-0.39, 0.29) is 0 Å². The van der Waals surface area contributed by atoms with E-state index in [0.717, 1.165) is 0 Å². The lowest BCUT2D eigenvalue weighted by Crippen LogP contribution is -2.34. The predicted octanol–water partition coefficient (Wildman–Crippen LogP) is 5.56. The zero-order chi connectivity index (χ0) is 11.9. The SMILES string of the molecule is CCCCCC/C=C/[Si](C)(C)C(C)(C)C. The molecule has 0 radical (unpaired) electrons. The molecule has 0 nitrogen and oxygen atoms in total. The summed E-state index contributed by atoms with van der Waals surface area (Å²) >= 11 is 0. The fraction of sp³-hybridized carbons (Fsp3) is 0.857. The number of unbranched alkanes of at least 4 members (excludes halogenated alkanes) is 4. The smallest absolute Gasteiger partial charge is 0.0766 e. The highest BCUT2D eigenvalue weighted by atomic mass is 28.3. The van der Waals surface area contributed by atoms with E-state index in [1.807, 2.05) is 0 Å². The number of hydrogen-bond acceptors (Lipinski definition) is 0. The van der Waals surface area contributed by atoms with Crippen molar-refractivity contribution in [1.29, 1.82) is 0 Å². The summed E-state index contributed by atoms with van der Waals surface area (Å²) < 4.78 is 0. The fourth-order valence-electron chi connectivity index (χ4n) is 1.32. The van der Waals surface area contributed by atoms with Crippen molar-refractivity contribution in [3.05, 3.63) is 11.8 Å². The van der Waals surface area contributed by atoms with Crippen molar-refractivity contribution in [1.82, 2.24) is 0 Å². The molecule has 0 fully saturated rings. The summed E-state index contributed by atoms with van der Waals surface area (Å²) in [7, 11) is -1.15. The molecule has 0 unspecified atom stereocenters. The summed E-state index contributed by atoms with van der Waals surface area (Å²) in [6, 6.07) is 0. The van der Waals surface area contributed by atoms with Crippen LogP contribution in [-0.2, 0) is 0 Å². The first kappa shape index (κ1) is 15.0. The van der Waals surface area contributed by atoms with Gasteiger partial charge < -0.3 is 0 Å². The Morgan fingerprint density at radius 3 is 2.07 bits per heavy atom. The molecule has 0 spiro atoms. The van der Waals surface area contributed by atoms with Crippen molar-refractivity contribution in [2.45, 2.75) is 77.9 Å². The van der Waals surface area contributed by atoms with Gasteiger partial charge in [0.1, 0.15) is 0 Å². The van der Waals surface area contributed by atoms with E-state index in [4.69, 9.17) is 0 Å². The molecule has 0 aliphatic heterocycles. The van der Waals surface area contributed by atoms with Gasteiger partial charge in [-0.05, 0) is 17.9 Å². The van der Waals surface area contributed by atoms with Crippen LogP contribution in [0.15, 0.2) is 11.8 Å². The minimum absolute atomic E-state index is 0.493. The van der Waals surface area contributed by atoms with Crippen LogP contribution in [0, 0.1) is 0 Å². The van der Waals surface area contributed by atoms with E-state index in [0.29, 0.717) is 5.04 Å². The number of rotatable bonds is 6. The van der Waals surface area contributed by atoms with Crippen molar-refractivity contribution in [2.75, 3.05) is 0 Å². The van der Waals surface area contributed by atoms with Crippen LogP contribution >= 0.6 is 0 Å². The van der Waals surface area contributed by atoms with Gasteiger partial charge in [0, 0.05) is 0 Å². The average Bonchev–Trinajstić information content (AvgIpc) is 2.09. The van der Waals surface area contributed by atoms with Gasteiger partial charge in [-0.25, -0.2) is 0 Å². The van der Waals surface area contributed by atoms with Gasteiger partial charge in [0.05, 0.1) is 8.07 Å². The Labute approximate surface area is 98.2 Å². The van der Waals surface area contributed by atoms with Crippen LogP contribution in [0.4, 0.5) is 0 Å². The Balaban J connectivity index is 3.85. The molecule has 0 rings (SSSR count). The zero-order valence-electron chi connectivity index (χ0n) is 11.7. The van der Waals surface area contributed by atoms with Gasteiger partial charge in [0.2, 0.25) is 0 Å². The first-order valence-electron chi connectivity index (χ1n) is 6.49. The maximum absolute atomic E-state index is 2.54. The van der Waals surface area contributed by atoms with Crippen molar-refractivity contribution in [3.8, 4) is 0 Å². The van der Waals surface area contributed by atoms with Gasteiger partial charge in [-0.3, -0.25) is 0 Å². The Morgan fingerprint density at radius 1 is 1.00 bits per heavy atom. The second kappa shape index (κ2) is 6.52. The normalized spacial score (nSPS) is 13.7.